The van der Waals surface area contributed by atoms with Crippen LogP contribution in [0.5, 0.6) is 0 Å². The molecule has 2 unspecified atom stereocenters. The highest BCUT2D eigenvalue weighted by molar-refractivity contribution is 5.55. The lowest BCUT2D eigenvalue weighted by molar-refractivity contribution is 0.483. The summed E-state index contributed by atoms with van der Waals surface area (Å²) in [5, 5.41) is 3.48. The minimum Gasteiger partial charge on any atom is -0.383 e. The Morgan fingerprint density at radius 1 is 1.16 bits per heavy atom. The standard InChI is InChI=1S/C15H28N4/c1-7-10(4)8-11(5)17-15-12(6)13(16)18-14(19-15)9(2)3/h9-11H,7-8H2,1-6H3,(H3,16,17,18,19). The fraction of sp³-hybridized carbons (Fsp3) is 0.733. The van der Waals surface area contributed by atoms with Crippen LogP contribution in [0.2, 0.25) is 0 Å². The predicted molar refractivity (Wildman–Crippen MR) is 82.4 cm³/mol. The Balaban J connectivity index is 2.87. The molecule has 19 heavy (non-hydrogen) atoms. The first-order valence-corrected chi connectivity index (χ1v) is 7.25. The summed E-state index contributed by atoms with van der Waals surface area (Å²) in [5.74, 6) is 3.27. The molecule has 3 N–H and O–H groups in total. The van der Waals surface area contributed by atoms with E-state index in [1.54, 1.807) is 0 Å². The van der Waals surface area contributed by atoms with Gasteiger partial charge in [-0.05, 0) is 26.2 Å². The van der Waals surface area contributed by atoms with Crippen molar-refractivity contribution in [3.8, 4) is 0 Å². The van der Waals surface area contributed by atoms with Gasteiger partial charge in [-0.15, -0.1) is 0 Å². The fourth-order valence-corrected chi connectivity index (χ4v) is 2.01. The van der Waals surface area contributed by atoms with Crippen LogP contribution in [0.25, 0.3) is 0 Å². The molecular formula is C15H28N4. The van der Waals surface area contributed by atoms with Crippen molar-refractivity contribution in [1.82, 2.24) is 9.97 Å². The molecule has 2 atom stereocenters. The van der Waals surface area contributed by atoms with Crippen LogP contribution >= 0.6 is 0 Å². The molecule has 0 saturated heterocycles. The molecule has 0 aliphatic heterocycles. The van der Waals surface area contributed by atoms with Crippen molar-refractivity contribution in [2.24, 2.45) is 5.92 Å². The summed E-state index contributed by atoms with van der Waals surface area (Å²) in [5.41, 5.74) is 6.92. The number of nitrogens with two attached hydrogens (primary N) is 1. The van der Waals surface area contributed by atoms with Gasteiger partial charge in [-0.2, -0.15) is 0 Å². The molecule has 0 fully saturated rings. The number of rotatable bonds is 6. The first-order chi connectivity index (χ1) is 8.85. The number of nitrogens with zero attached hydrogens (tertiary/aromatic N) is 2. The second-order valence-electron chi connectivity index (χ2n) is 5.89. The summed E-state index contributed by atoms with van der Waals surface area (Å²) in [7, 11) is 0. The van der Waals surface area contributed by atoms with Crippen molar-refractivity contribution in [1.29, 1.82) is 0 Å². The SMILES string of the molecule is CCC(C)CC(C)Nc1nc(C(C)C)nc(N)c1C. The third-order valence-electron chi connectivity index (χ3n) is 3.55. The largest absolute Gasteiger partial charge is 0.383 e. The molecule has 0 aromatic carbocycles. The highest BCUT2D eigenvalue weighted by atomic mass is 15.1. The molecule has 0 radical (unpaired) electrons. The van der Waals surface area contributed by atoms with Crippen LogP contribution in [-0.2, 0) is 0 Å². The Bertz CT molecular complexity index is 415. The molecule has 0 saturated carbocycles. The van der Waals surface area contributed by atoms with Gasteiger partial charge in [0.1, 0.15) is 17.5 Å². The summed E-state index contributed by atoms with van der Waals surface area (Å²) < 4.78 is 0. The van der Waals surface area contributed by atoms with E-state index < -0.39 is 0 Å². The van der Waals surface area contributed by atoms with E-state index in [-0.39, 0.29) is 5.92 Å². The van der Waals surface area contributed by atoms with E-state index in [1.807, 2.05) is 6.92 Å². The first kappa shape index (κ1) is 15.7. The molecule has 1 rings (SSSR count). The second-order valence-corrected chi connectivity index (χ2v) is 5.89. The molecule has 4 nitrogen and oxygen atoms in total. The van der Waals surface area contributed by atoms with Crippen molar-refractivity contribution in [2.75, 3.05) is 11.1 Å². The molecule has 1 aromatic heterocycles. The van der Waals surface area contributed by atoms with Gasteiger partial charge >= 0.3 is 0 Å². The highest BCUT2D eigenvalue weighted by Gasteiger charge is 2.14. The average molecular weight is 264 g/mol. The Morgan fingerprint density at radius 2 is 1.79 bits per heavy atom. The van der Waals surface area contributed by atoms with Crippen LogP contribution in [0.1, 0.15) is 64.8 Å². The minimum absolute atomic E-state index is 0.285. The van der Waals surface area contributed by atoms with Crippen molar-refractivity contribution in [2.45, 2.75) is 66.3 Å². The zero-order chi connectivity index (χ0) is 14.6. The molecular weight excluding hydrogens is 236 g/mol. The van der Waals surface area contributed by atoms with Crippen LogP contribution in [0.4, 0.5) is 11.6 Å². The molecule has 4 heteroatoms. The van der Waals surface area contributed by atoms with Crippen LogP contribution < -0.4 is 11.1 Å². The molecule has 1 aromatic rings. The first-order valence-electron chi connectivity index (χ1n) is 7.25. The maximum Gasteiger partial charge on any atom is 0.135 e. The Kier molecular flexibility index (Phi) is 5.58. The lowest BCUT2D eigenvalue weighted by Gasteiger charge is -2.20. The quantitative estimate of drug-likeness (QED) is 0.821. The number of hydrogen-bond donors (Lipinski definition) is 2. The van der Waals surface area contributed by atoms with Crippen molar-refractivity contribution >= 4 is 11.6 Å². The van der Waals surface area contributed by atoms with Crippen molar-refractivity contribution < 1.29 is 0 Å². The molecule has 108 valence electrons. The summed E-state index contributed by atoms with van der Waals surface area (Å²) in [6.07, 6.45) is 2.34. The Labute approximate surface area is 117 Å². The summed E-state index contributed by atoms with van der Waals surface area (Å²) in [6.45, 7) is 12.8. The lowest BCUT2D eigenvalue weighted by Crippen LogP contribution is -2.21. The zero-order valence-electron chi connectivity index (χ0n) is 13.1. The second kappa shape index (κ2) is 6.73. The third kappa shape index (κ3) is 4.37. The van der Waals surface area contributed by atoms with Gasteiger partial charge in [0.2, 0.25) is 0 Å². The van der Waals surface area contributed by atoms with Gasteiger partial charge in [0.25, 0.3) is 0 Å². The molecule has 0 bridgehead atoms. The van der Waals surface area contributed by atoms with E-state index in [0.29, 0.717) is 17.8 Å². The molecule has 0 spiro atoms. The van der Waals surface area contributed by atoms with Crippen molar-refractivity contribution in [3.05, 3.63) is 11.4 Å². The maximum absolute atomic E-state index is 5.97. The van der Waals surface area contributed by atoms with Crippen LogP contribution in [0.15, 0.2) is 0 Å². The zero-order valence-corrected chi connectivity index (χ0v) is 13.1. The van der Waals surface area contributed by atoms with E-state index >= 15 is 0 Å². The third-order valence-corrected chi connectivity index (χ3v) is 3.55. The van der Waals surface area contributed by atoms with Crippen LogP contribution in [0.3, 0.4) is 0 Å². The van der Waals surface area contributed by atoms with Gasteiger partial charge in [-0.1, -0.05) is 34.1 Å². The molecule has 0 amide bonds. The Hall–Kier alpha value is -1.32. The van der Waals surface area contributed by atoms with Gasteiger partial charge < -0.3 is 11.1 Å². The highest BCUT2D eigenvalue weighted by Crippen LogP contribution is 2.22. The number of hydrogen-bond acceptors (Lipinski definition) is 4. The van der Waals surface area contributed by atoms with Crippen LogP contribution in [0, 0.1) is 12.8 Å². The van der Waals surface area contributed by atoms with E-state index in [2.05, 4.69) is 49.9 Å². The van der Waals surface area contributed by atoms with E-state index in [1.165, 1.54) is 6.42 Å². The maximum atomic E-state index is 5.97. The number of nitrogen functional groups attached to an aromatic ring is 1. The predicted octanol–water partition coefficient (Wildman–Crippen LogP) is 3.73. The summed E-state index contributed by atoms with van der Waals surface area (Å²) in [6, 6.07) is 0.392. The number of aromatic nitrogens is 2. The lowest BCUT2D eigenvalue weighted by atomic mass is 10.0. The van der Waals surface area contributed by atoms with Crippen LogP contribution in [-0.4, -0.2) is 16.0 Å². The van der Waals surface area contributed by atoms with Crippen molar-refractivity contribution in [3.63, 3.8) is 0 Å². The normalized spacial score (nSPS) is 14.5. The van der Waals surface area contributed by atoms with E-state index in [4.69, 9.17) is 5.73 Å². The van der Waals surface area contributed by atoms with Gasteiger partial charge in [-0.3, -0.25) is 0 Å². The monoisotopic (exact) mass is 264 g/mol. The summed E-state index contributed by atoms with van der Waals surface area (Å²) >= 11 is 0. The Morgan fingerprint density at radius 3 is 2.32 bits per heavy atom. The number of nitrogens with one attached hydrogen (secondary N) is 1. The van der Waals surface area contributed by atoms with E-state index in [0.717, 1.165) is 23.6 Å². The number of anilines is 2. The van der Waals surface area contributed by atoms with Gasteiger partial charge in [0.15, 0.2) is 0 Å². The van der Waals surface area contributed by atoms with Gasteiger partial charge in [0.05, 0.1) is 0 Å². The molecule has 1 heterocycles. The minimum atomic E-state index is 0.285. The molecule has 0 aliphatic rings. The fourth-order valence-electron chi connectivity index (χ4n) is 2.01. The summed E-state index contributed by atoms with van der Waals surface area (Å²) in [4.78, 5) is 8.95. The van der Waals surface area contributed by atoms with Gasteiger partial charge in [-0.25, -0.2) is 9.97 Å². The smallest absolute Gasteiger partial charge is 0.135 e. The van der Waals surface area contributed by atoms with E-state index in [9.17, 15) is 0 Å². The van der Waals surface area contributed by atoms with Gasteiger partial charge in [0, 0.05) is 17.5 Å². The topological polar surface area (TPSA) is 63.8 Å². The average Bonchev–Trinajstić information content (AvgIpc) is 2.34. The molecule has 0 aliphatic carbocycles.